The molecule has 0 amide bonds. The molecule has 3 nitrogen and oxygen atoms in total. The molecule has 0 aliphatic carbocycles. The molecule has 6 heteroatoms. The maximum absolute atomic E-state index is 12.9. The number of nitrogens with zero attached hydrogens (tertiary/aromatic N) is 2. The van der Waals surface area contributed by atoms with E-state index in [1.807, 2.05) is 30.3 Å². The highest BCUT2D eigenvalue weighted by atomic mass is 79.9. The van der Waals surface area contributed by atoms with Gasteiger partial charge in [0, 0.05) is 18.1 Å². The number of thiocarbonyl (C=S) groups is 1. The van der Waals surface area contributed by atoms with Crippen molar-refractivity contribution in [3.05, 3.63) is 66.0 Å². The van der Waals surface area contributed by atoms with Crippen LogP contribution in [0.2, 0.25) is 0 Å². The van der Waals surface area contributed by atoms with Crippen molar-refractivity contribution in [3.8, 4) is 0 Å². The Balaban J connectivity index is 2.09. The summed E-state index contributed by atoms with van der Waals surface area (Å²) in [6.07, 6.45) is 0. The van der Waals surface area contributed by atoms with Crippen LogP contribution in [0.1, 0.15) is 5.56 Å². The third-order valence-electron chi connectivity index (χ3n) is 2.89. The van der Waals surface area contributed by atoms with Crippen molar-refractivity contribution >= 4 is 44.7 Å². The van der Waals surface area contributed by atoms with E-state index in [1.165, 1.54) is 12.1 Å². The molecule has 0 spiro atoms. The highest BCUT2D eigenvalue weighted by Gasteiger charge is 2.07. The zero-order valence-electron chi connectivity index (χ0n) is 12.0. The zero-order valence-corrected chi connectivity index (χ0v) is 14.4. The van der Waals surface area contributed by atoms with E-state index < -0.39 is 0 Å². The molecule has 0 aliphatic heterocycles. The second-order valence-electron chi connectivity index (χ2n) is 4.51. The maximum Gasteiger partial charge on any atom is 0.193 e. The number of rotatable bonds is 4. The summed E-state index contributed by atoms with van der Waals surface area (Å²) in [6.45, 7) is 0. The van der Waals surface area contributed by atoms with Crippen molar-refractivity contribution in [1.82, 2.24) is 5.01 Å². The molecule has 0 fully saturated rings. The van der Waals surface area contributed by atoms with Gasteiger partial charge in [0.2, 0.25) is 0 Å². The molecule has 0 aliphatic rings. The van der Waals surface area contributed by atoms with Gasteiger partial charge in [0.05, 0.1) is 5.71 Å². The Kier molecular flexibility index (Phi) is 6.03. The molecule has 2 aromatic carbocycles. The van der Waals surface area contributed by atoms with Gasteiger partial charge in [-0.15, -0.1) is 0 Å². The topological polar surface area (TPSA) is 27.6 Å². The van der Waals surface area contributed by atoms with Crippen LogP contribution in [-0.4, -0.2) is 28.2 Å². The van der Waals surface area contributed by atoms with E-state index in [-0.39, 0.29) is 5.82 Å². The Labute approximate surface area is 143 Å². The van der Waals surface area contributed by atoms with Crippen molar-refractivity contribution in [2.45, 2.75) is 0 Å². The average molecular weight is 380 g/mol. The molecule has 0 aromatic heterocycles. The first-order chi connectivity index (χ1) is 10.6. The molecule has 0 saturated carbocycles. The second-order valence-corrected chi connectivity index (χ2v) is 5.45. The summed E-state index contributed by atoms with van der Waals surface area (Å²) < 4.78 is 12.9. The van der Waals surface area contributed by atoms with E-state index >= 15 is 0 Å². The summed E-state index contributed by atoms with van der Waals surface area (Å²) in [5.41, 5.74) is 2.61. The van der Waals surface area contributed by atoms with Crippen LogP contribution in [0.3, 0.4) is 0 Å². The van der Waals surface area contributed by atoms with E-state index in [1.54, 1.807) is 24.2 Å². The van der Waals surface area contributed by atoms with Gasteiger partial charge in [0.1, 0.15) is 5.82 Å². The predicted octanol–water partition coefficient (Wildman–Crippen LogP) is 4.25. The number of halogens is 2. The van der Waals surface area contributed by atoms with E-state index in [9.17, 15) is 4.39 Å². The summed E-state index contributed by atoms with van der Waals surface area (Å²) >= 11 is 8.75. The van der Waals surface area contributed by atoms with Crippen LogP contribution < -0.4 is 5.32 Å². The lowest BCUT2D eigenvalue weighted by atomic mass is 10.1. The zero-order chi connectivity index (χ0) is 15.9. The molecule has 0 bridgehead atoms. The average Bonchev–Trinajstić information content (AvgIpc) is 2.55. The van der Waals surface area contributed by atoms with Gasteiger partial charge in [-0.05, 0) is 42.0 Å². The van der Waals surface area contributed by atoms with E-state index in [2.05, 4.69) is 26.3 Å². The van der Waals surface area contributed by atoms with Crippen LogP contribution in [-0.2, 0) is 0 Å². The number of hydrazone groups is 1. The van der Waals surface area contributed by atoms with Crippen LogP contribution in [0.5, 0.6) is 0 Å². The number of hydrogen-bond acceptors (Lipinski definition) is 2. The summed E-state index contributed by atoms with van der Waals surface area (Å²) in [5.74, 6) is -0.284. The predicted molar refractivity (Wildman–Crippen MR) is 97.2 cm³/mol. The van der Waals surface area contributed by atoms with Crippen molar-refractivity contribution in [1.29, 1.82) is 0 Å². The Hall–Kier alpha value is -1.79. The van der Waals surface area contributed by atoms with Crippen LogP contribution in [0.4, 0.5) is 10.1 Å². The van der Waals surface area contributed by atoms with Gasteiger partial charge in [-0.25, -0.2) is 9.40 Å². The smallest absolute Gasteiger partial charge is 0.193 e. The van der Waals surface area contributed by atoms with Gasteiger partial charge < -0.3 is 5.32 Å². The molecule has 2 rings (SSSR count). The number of anilines is 1. The number of hydrogen-bond donors (Lipinski definition) is 1. The Morgan fingerprint density at radius 2 is 1.82 bits per heavy atom. The molecular weight excluding hydrogens is 365 g/mol. The molecule has 0 atom stereocenters. The summed E-state index contributed by atoms with van der Waals surface area (Å²) in [7, 11) is 1.77. The van der Waals surface area contributed by atoms with Crippen LogP contribution in [0, 0.1) is 5.82 Å². The number of benzene rings is 2. The molecule has 1 N–H and O–H groups in total. The van der Waals surface area contributed by atoms with Crippen molar-refractivity contribution in [2.24, 2.45) is 5.10 Å². The molecule has 2 aromatic rings. The Morgan fingerprint density at radius 1 is 1.18 bits per heavy atom. The Bertz CT molecular complexity index is 659. The van der Waals surface area contributed by atoms with Gasteiger partial charge in [-0.3, -0.25) is 0 Å². The largest absolute Gasteiger partial charge is 0.331 e. The summed E-state index contributed by atoms with van der Waals surface area (Å²) in [6, 6.07) is 15.9. The normalized spacial score (nSPS) is 11.1. The van der Waals surface area contributed by atoms with Gasteiger partial charge in [-0.2, -0.15) is 5.10 Å². The highest BCUT2D eigenvalue weighted by molar-refractivity contribution is 9.09. The van der Waals surface area contributed by atoms with Crippen molar-refractivity contribution in [2.75, 3.05) is 17.7 Å². The quantitative estimate of drug-likeness (QED) is 0.372. The van der Waals surface area contributed by atoms with Crippen molar-refractivity contribution < 1.29 is 4.39 Å². The highest BCUT2D eigenvalue weighted by Crippen LogP contribution is 2.10. The van der Waals surface area contributed by atoms with E-state index in [4.69, 9.17) is 12.2 Å². The monoisotopic (exact) mass is 379 g/mol. The molecule has 0 radical (unpaired) electrons. The van der Waals surface area contributed by atoms with Crippen LogP contribution in [0.15, 0.2) is 59.7 Å². The minimum absolute atomic E-state index is 0.284. The molecule has 0 unspecified atom stereocenters. The third kappa shape index (κ3) is 4.61. The Morgan fingerprint density at radius 3 is 2.41 bits per heavy atom. The van der Waals surface area contributed by atoms with Gasteiger partial charge >= 0.3 is 0 Å². The molecule has 0 saturated heterocycles. The molecule has 0 heterocycles. The van der Waals surface area contributed by atoms with E-state index in [0.717, 1.165) is 11.3 Å². The standard InChI is InChI=1S/C16H15BrFN3S/c1-21(16(22)19-14-9-7-13(18)8-10-14)20-15(11-17)12-5-3-2-4-6-12/h2-10H,11H2,1H3,(H,19,22). The lowest BCUT2D eigenvalue weighted by Crippen LogP contribution is -2.28. The number of nitrogens with one attached hydrogen (secondary N) is 1. The lowest BCUT2D eigenvalue weighted by molar-refractivity contribution is 0.553. The first-order valence-corrected chi connectivity index (χ1v) is 8.12. The SMILES string of the molecule is CN(N=C(CBr)c1ccccc1)C(=S)Nc1ccc(F)cc1. The minimum atomic E-state index is -0.284. The minimum Gasteiger partial charge on any atom is -0.331 e. The first-order valence-electron chi connectivity index (χ1n) is 6.59. The van der Waals surface area contributed by atoms with Gasteiger partial charge in [-0.1, -0.05) is 46.3 Å². The van der Waals surface area contributed by atoms with Crippen LogP contribution in [0.25, 0.3) is 0 Å². The van der Waals surface area contributed by atoms with E-state index in [0.29, 0.717) is 16.1 Å². The molecule has 22 heavy (non-hydrogen) atoms. The lowest BCUT2D eigenvalue weighted by Gasteiger charge is -2.17. The fraction of sp³-hybridized carbons (Fsp3) is 0.125. The summed E-state index contributed by atoms with van der Waals surface area (Å²) in [4.78, 5) is 0. The molecule has 114 valence electrons. The fourth-order valence-corrected chi connectivity index (χ4v) is 2.35. The second kappa shape index (κ2) is 8.00. The number of alkyl halides is 1. The first kappa shape index (κ1) is 16.6. The maximum atomic E-state index is 12.9. The van der Waals surface area contributed by atoms with Gasteiger partial charge in [0.15, 0.2) is 5.11 Å². The summed E-state index contributed by atoms with van der Waals surface area (Å²) in [5, 5.41) is 10.2. The molecular formula is C16H15BrFN3S. The third-order valence-corrected chi connectivity index (χ3v) is 3.79. The fourth-order valence-electron chi connectivity index (χ4n) is 1.76. The van der Waals surface area contributed by atoms with Crippen LogP contribution >= 0.6 is 28.1 Å². The van der Waals surface area contributed by atoms with Gasteiger partial charge in [0.25, 0.3) is 0 Å². The van der Waals surface area contributed by atoms with Crippen molar-refractivity contribution in [3.63, 3.8) is 0 Å².